The van der Waals surface area contributed by atoms with E-state index >= 15 is 0 Å². The van der Waals surface area contributed by atoms with Crippen LogP contribution in [-0.4, -0.2) is 46.9 Å². The maximum atomic E-state index is 12.9. The van der Waals surface area contributed by atoms with E-state index in [4.69, 9.17) is 0 Å². The van der Waals surface area contributed by atoms with Crippen LogP contribution in [0.3, 0.4) is 0 Å². The molecular formula is C19H22FN3O. The average molecular weight is 327 g/mol. The molecule has 1 aromatic heterocycles. The van der Waals surface area contributed by atoms with Crippen LogP contribution in [0, 0.1) is 5.82 Å². The molecule has 5 heteroatoms. The lowest BCUT2D eigenvalue weighted by Crippen LogP contribution is -2.48. The topological polar surface area (TPSA) is 36.4 Å². The minimum Gasteiger partial charge on any atom is -0.340 e. The summed E-state index contributed by atoms with van der Waals surface area (Å²) in [6, 6.07) is 10.4. The zero-order valence-electron chi connectivity index (χ0n) is 13.7. The Bertz CT molecular complexity index is 652. The first-order valence-electron chi connectivity index (χ1n) is 8.34. The molecule has 1 aromatic carbocycles. The molecule has 0 saturated carbocycles. The number of nitrogens with zero attached hydrogens (tertiary/aromatic N) is 3. The van der Waals surface area contributed by atoms with Crippen LogP contribution in [0.25, 0.3) is 0 Å². The van der Waals surface area contributed by atoms with Crippen molar-refractivity contribution in [3.8, 4) is 0 Å². The van der Waals surface area contributed by atoms with Gasteiger partial charge >= 0.3 is 0 Å². The highest BCUT2D eigenvalue weighted by molar-refractivity contribution is 5.76. The van der Waals surface area contributed by atoms with E-state index in [2.05, 4.69) is 16.0 Å². The molecule has 2 aromatic rings. The standard InChI is InChI=1S/C19H22FN3O/c20-18-6-3-16(4-7-18)5-8-19(24)23-12-10-22(11-13-23)15-17-2-1-9-21-14-17/h1-4,6-7,9,14H,5,8,10-13,15H2. The third-order valence-corrected chi connectivity index (χ3v) is 4.39. The van der Waals surface area contributed by atoms with Crippen LogP contribution >= 0.6 is 0 Å². The Labute approximate surface area is 141 Å². The minimum absolute atomic E-state index is 0.181. The molecule has 24 heavy (non-hydrogen) atoms. The fraction of sp³-hybridized carbons (Fsp3) is 0.368. The first-order valence-corrected chi connectivity index (χ1v) is 8.34. The zero-order chi connectivity index (χ0) is 16.8. The molecule has 1 aliphatic heterocycles. The van der Waals surface area contributed by atoms with Gasteiger partial charge in [-0.1, -0.05) is 18.2 Å². The fourth-order valence-corrected chi connectivity index (χ4v) is 2.97. The Balaban J connectivity index is 1.42. The second-order valence-corrected chi connectivity index (χ2v) is 6.14. The molecule has 1 fully saturated rings. The Morgan fingerprint density at radius 3 is 2.46 bits per heavy atom. The van der Waals surface area contributed by atoms with E-state index in [1.165, 1.54) is 17.7 Å². The molecule has 0 atom stereocenters. The van der Waals surface area contributed by atoms with Gasteiger partial charge in [0.05, 0.1) is 0 Å². The van der Waals surface area contributed by atoms with Crippen LogP contribution in [0.1, 0.15) is 17.5 Å². The molecule has 0 aliphatic carbocycles. The maximum absolute atomic E-state index is 12.9. The third kappa shape index (κ3) is 4.61. The monoisotopic (exact) mass is 327 g/mol. The first-order chi connectivity index (χ1) is 11.7. The highest BCUT2D eigenvalue weighted by atomic mass is 19.1. The van der Waals surface area contributed by atoms with Gasteiger partial charge in [0.15, 0.2) is 0 Å². The quantitative estimate of drug-likeness (QED) is 0.847. The summed E-state index contributed by atoms with van der Waals surface area (Å²) >= 11 is 0. The number of pyridine rings is 1. The molecule has 2 heterocycles. The number of benzene rings is 1. The van der Waals surface area contributed by atoms with E-state index < -0.39 is 0 Å². The molecule has 0 radical (unpaired) electrons. The summed E-state index contributed by atoms with van der Waals surface area (Å²) in [6.07, 6.45) is 4.81. The van der Waals surface area contributed by atoms with Crippen molar-refractivity contribution in [3.05, 3.63) is 65.7 Å². The van der Waals surface area contributed by atoms with Crippen LogP contribution in [0.5, 0.6) is 0 Å². The highest BCUT2D eigenvalue weighted by Crippen LogP contribution is 2.11. The van der Waals surface area contributed by atoms with Gasteiger partial charge in [0.2, 0.25) is 5.91 Å². The van der Waals surface area contributed by atoms with Crippen LogP contribution in [-0.2, 0) is 17.8 Å². The lowest BCUT2D eigenvalue weighted by molar-refractivity contribution is -0.133. The Morgan fingerprint density at radius 1 is 1.04 bits per heavy atom. The highest BCUT2D eigenvalue weighted by Gasteiger charge is 2.20. The largest absolute Gasteiger partial charge is 0.340 e. The van der Waals surface area contributed by atoms with E-state index in [1.54, 1.807) is 18.3 Å². The van der Waals surface area contributed by atoms with E-state index in [1.807, 2.05) is 17.2 Å². The van der Waals surface area contributed by atoms with Crippen molar-refractivity contribution in [3.63, 3.8) is 0 Å². The summed E-state index contributed by atoms with van der Waals surface area (Å²) in [5.41, 5.74) is 2.20. The predicted molar refractivity (Wildman–Crippen MR) is 90.8 cm³/mol. The molecule has 0 unspecified atom stereocenters. The zero-order valence-corrected chi connectivity index (χ0v) is 13.7. The fourth-order valence-electron chi connectivity index (χ4n) is 2.97. The number of halogens is 1. The molecule has 126 valence electrons. The summed E-state index contributed by atoms with van der Waals surface area (Å²) < 4.78 is 12.9. The van der Waals surface area contributed by atoms with Crippen molar-refractivity contribution in [2.24, 2.45) is 0 Å². The van der Waals surface area contributed by atoms with Crippen LogP contribution in [0.15, 0.2) is 48.8 Å². The van der Waals surface area contributed by atoms with Gasteiger partial charge in [0.1, 0.15) is 5.82 Å². The summed E-state index contributed by atoms with van der Waals surface area (Å²) in [5.74, 6) is -0.0600. The average Bonchev–Trinajstić information content (AvgIpc) is 2.62. The molecule has 3 rings (SSSR count). The number of rotatable bonds is 5. The maximum Gasteiger partial charge on any atom is 0.222 e. The molecule has 4 nitrogen and oxygen atoms in total. The lowest BCUT2D eigenvalue weighted by Gasteiger charge is -2.34. The normalized spacial score (nSPS) is 15.5. The molecule has 0 spiro atoms. The van der Waals surface area contributed by atoms with Crippen molar-refractivity contribution >= 4 is 5.91 Å². The number of carbonyl (C=O) groups excluding carboxylic acids is 1. The Kier molecular flexibility index (Phi) is 5.54. The van der Waals surface area contributed by atoms with Crippen LogP contribution in [0.2, 0.25) is 0 Å². The van der Waals surface area contributed by atoms with Crippen molar-refractivity contribution in [2.75, 3.05) is 26.2 Å². The molecular weight excluding hydrogens is 305 g/mol. The number of amides is 1. The van der Waals surface area contributed by atoms with E-state index in [-0.39, 0.29) is 11.7 Å². The lowest BCUT2D eigenvalue weighted by atomic mass is 10.1. The minimum atomic E-state index is -0.241. The van der Waals surface area contributed by atoms with Gasteiger partial charge in [0, 0.05) is 51.5 Å². The number of hydrogen-bond acceptors (Lipinski definition) is 3. The summed E-state index contributed by atoms with van der Waals surface area (Å²) in [4.78, 5) is 20.7. The molecule has 1 saturated heterocycles. The Hall–Kier alpha value is -2.27. The second kappa shape index (κ2) is 8.02. The molecule has 0 bridgehead atoms. The molecule has 1 amide bonds. The second-order valence-electron chi connectivity index (χ2n) is 6.14. The number of carbonyl (C=O) groups is 1. The van der Waals surface area contributed by atoms with E-state index in [0.717, 1.165) is 38.3 Å². The SMILES string of the molecule is O=C(CCc1ccc(F)cc1)N1CCN(Cc2cccnc2)CC1. The number of piperazine rings is 1. The van der Waals surface area contributed by atoms with Gasteiger partial charge in [0.25, 0.3) is 0 Å². The van der Waals surface area contributed by atoms with Gasteiger partial charge in [-0.2, -0.15) is 0 Å². The van der Waals surface area contributed by atoms with Crippen molar-refractivity contribution in [1.29, 1.82) is 0 Å². The van der Waals surface area contributed by atoms with Gasteiger partial charge in [-0.3, -0.25) is 14.7 Å². The third-order valence-electron chi connectivity index (χ3n) is 4.39. The van der Waals surface area contributed by atoms with Crippen LogP contribution < -0.4 is 0 Å². The van der Waals surface area contributed by atoms with E-state index in [9.17, 15) is 9.18 Å². The smallest absolute Gasteiger partial charge is 0.222 e. The molecule has 1 aliphatic rings. The number of aromatic nitrogens is 1. The van der Waals surface area contributed by atoms with Gasteiger partial charge in [-0.25, -0.2) is 4.39 Å². The predicted octanol–water partition coefficient (Wildman–Crippen LogP) is 2.50. The number of aryl methyl sites for hydroxylation is 1. The summed E-state index contributed by atoms with van der Waals surface area (Å²) in [7, 11) is 0. The Morgan fingerprint density at radius 2 is 1.79 bits per heavy atom. The van der Waals surface area contributed by atoms with Crippen LogP contribution in [0.4, 0.5) is 4.39 Å². The van der Waals surface area contributed by atoms with Crippen molar-refractivity contribution < 1.29 is 9.18 Å². The van der Waals surface area contributed by atoms with Gasteiger partial charge in [-0.05, 0) is 35.7 Å². The van der Waals surface area contributed by atoms with Crippen molar-refractivity contribution in [1.82, 2.24) is 14.8 Å². The van der Waals surface area contributed by atoms with Crippen molar-refractivity contribution in [2.45, 2.75) is 19.4 Å². The van der Waals surface area contributed by atoms with E-state index in [0.29, 0.717) is 12.8 Å². The summed E-state index contributed by atoms with van der Waals surface area (Å²) in [5, 5.41) is 0. The molecule has 0 N–H and O–H groups in total. The van der Waals surface area contributed by atoms with Gasteiger partial charge in [-0.15, -0.1) is 0 Å². The number of hydrogen-bond donors (Lipinski definition) is 0. The van der Waals surface area contributed by atoms with Gasteiger partial charge < -0.3 is 4.90 Å². The summed E-state index contributed by atoms with van der Waals surface area (Å²) in [6.45, 7) is 4.19. The first kappa shape index (κ1) is 16.6.